The standard InChI is InChI=1S/C11H18N2O/c1-2-4-10-8-13-11(14-10)7-9-5-3-6-12-9/h8-9,12H,2-7H2,1H3. The van der Waals surface area contributed by atoms with Crippen LogP contribution in [0, 0.1) is 0 Å². The molecule has 1 aliphatic rings. The molecule has 1 aromatic heterocycles. The Morgan fingerprint density at radius 2 is 2.57 bits per heavy atom. The Balaban J connectivity index is 1.88. The van der Waals surface area contributed by atoms with Crippen molar-refractivity contribution in [1.82, 2.24) is 10.3 Å². The monoisotopic (exact) mass is 194 g/mol. The van der Waals surface area contributed by atoms with Gasteiger partial charge >= 0.3 is 0 Å². The first kappa shape index (κ1) is 9.71. The molecule has 1 aliphatic heterocycles. The first-order valence-corrected chi connectivity index (χ1v) is 5.55. The number of hydrogen-bond acceptors (Lipinski definition) is 3. The van der Waals surface area contributed by atoms with E-state index >= 15 is 0 Å². The predicted molar refractivity (Wildman–Crippen MR) is 55.2 cm³/mol. The van der Waals surface area contributed by atoms with Crippen LogP contribution in [0.2, 0.25) is 0 Å². The first-order chi connectivity index (χ1) is 6.88. The highest BCUT2D eigenvalue weighted by Gasteiger charge is 2.16. The van der Waals surface area contributed by atoms with E-state index in [4.69, 9.17) is 4.42 Å². The molecule has 3 heteroatoms. The van der Waals surface area contributed by atoms with Crippen molar-refractivity contribution in [2.24, 2.45) is 0 Å². The van der Waals surface area contributed by atoms with E-state index in [0.29, 0.717) is 6.04 Å². The number of aromatic nitrogens is 1. The Kier molecular flexibility index (Phi) is 3.19. The van der Waals surface area contributed by atoms with Gasteiger partial charge in [-0.3, -0.25) is 0 Å². The van der Waals surface area contributed by atoms with Gasteiger partial charge in [0.05, 0.1) is 6.20 Å². The molecule has 0 amide bonds. The highest BCUT2D eigenvalue weighted by molar-refractivity contribution is 4.96. The second-order valence-electron chi connectivity index (χ2n) is 3.97. The van der Waals surface area contributed by atoms with E-state index in [1.165, 1.54) is 12.8 Å². The van der Waals surface area contributed by atoms with Crippen LogP contribution >= 0.6 is 0 Å². The normalized spacial score (nSPS) is 21.6. The summed E-state index contributed by atoms with van der Waals surface area (Å²) in [5.41, 5.74) is 0. The van der Waals surface area contributed by atoms with Crippen LogP contribution in [-0.4, -0.2) is 17.6 Å². The Hall–Kier alpha value is -0.830. The van der Waals surface area contributed by atoms with Crippen molar-refractivity contribution in [1.29, 1.82) is 0 Å². The lowest BCUT2D eigenvalue weighted by molar-refractivity contribution is 0.426. The second kappa shape index (κ2) is 4.60. The Labute approximate surface area is 84.9 Å². The van der Waals surface area contributed by atoms with E-state index in [9.17, 15) is 0 Å². The summed E-state index contributed by atoms with van der Waals surface area (Å²) in [7, 11) is 0. The lowest BCUT2D eigenvalue weighted by atomic mass is 10.2. The summed E-state index contributed by atoms with van der Waals surface area (Å²) in [6.07, 6.45) is 7.48. The molecular weight excluding hydrogens is 176 g/mol. The zero-order valence-electron chi connectivity index (χ0n) is 8.75. The molecule has 2 rings (SSSR count). The zero-order valence-corrected chi connectivity index (χ0v) is 8.75. The molecule has 14 heavy (non-hydrogen) atoms. The van der Waals surface area contributed by atoms with Gasteiger partial charge in [-0.05, 0) is 25.8 Å². The average Bonchev–Trinajstić information content (AvgIpc) is 2.79. The molecule has 1 saturated heterocycles. The summed E-state index contributed by atoms with van der Waals surface area (Å²) in [5, 5.41) is 3.45. The Morgan fingerprint density at radius 1 is 1.64 bits per heavy atom. The first-order valence-electron chi connectivity index (χ1n) is 5.55. The molecule has 0 aliphatic carbocycles. The fourth-order valence-electron chi connectivity index (χ4n) is 1.95. The third kappa shape index (κ3) is 2.35. The third-order valence-electron chi connectivity index (χ3n) is 2.68. The van der Waals surface area contributed by atoms with Gasteiger partial charge in [0.2, 0.25) is 0 Å². The van der Waals surface area contributed by atoms with Crippen molar-refractivity contribution in [2.75, 3.05) is 6.54 Å². The molecule has 1 N–H and O–H groups in total. The van der Waals surface area contributed by atoms with Gasteiger partial charge in [0.25, 0.3) is 0 Å². The molecule has 78 valence electrons. The molecule has 0 aromatic carbocycles. The minimum Gasteiger partial charge on any atom is -0.446 e. The number of rotatable bonds is 4. The Bertz CT molecular complexity index is 277. The maximum absolute atomic E-state index is 5.63. The molecule has 0 bridgehead atoms. The predicted octanol–water partition coefficient (Wildman–Crippen LogP) is 1.92. The van der Waals surface area contributed by atoms with Crippen LogP contribution in [0.5, 0.6) is 0 Å². The number of aryl methyl sites for hydroxylation is 1. The van der Waals surface area contributed by atoms with Crippen LogP contribution < -0.4 is 5.32 Å². The third-order valence-corrected chi connectivity index (χ3v) is 2.68. The van der Waals surface area contributed by atoms with Crippen molar-refractivity contribution < 1.29 is 4.42 Å². The fourth-order valence-corrected chi connectivity index (χ4v) is 1.95. The van der Waals surface area contributed by atoms with Crippen LogP contribution in [0.1, 0.15) is 37.8 Å². The molecular formula is C11H18N2O. The molecule has 1 atom stereocenters. The second-order valence-corrected chi connectivity index (χ2v) is 3.97. The largest absolute Gasteiger partial charge is 0.446 e. The highest BCUT2D eigenvalue weighted by atomic mass is 16.4. The summed E-state index contributed by atoms with van der Waals surface area (Å²) >= 11 is 0. The van der Waals surface area contributed by atoms with Crippen molar-refractivity contribution in [3.8, 4) is 0 Å². The van der Waals surface area contributed by atoms with Crippen molar-refractivity contribution >= 4 is 0 Å². The highest BCUT2D eigenvalue weighted by Crippen LogP contribution is 2.13. The Morgan fingerprint density at radius 3 is 3.29 bits per heavy atom. The maximum Gasteiger partial charge on any atom is 0.195 e. The molecule has 3 nitrogen and oxygen atoms in total. The van der Waals surface area contributed by atoms with Gasteiger partial charge in [0.15, 0.2) is 5.89 Å². The fraction of sp³-hybridized carbons (Fsp3) is 0.727. The quantitative estimate of drug-likeness (QED) is 0.795. The van der Waals surface area contributed by atoms with Gasteiger partial charge in [0, 0.05) is 18.9 Å². The minimum atomic E-state index is 0.586. The molecule has 0 radical (unpaired) electrons. The summed E-state index contributed by atoms with van der Waals surface area (Å²) in [6.45, 7) is 3.30. The number of nitrogens with one attached hydrogen (secondary N) is 1. The van der Waals surface area contributed by atoms with Crippen LogP contribution in [0.25, 0.3) is 0 Å². The van der Waals surface area contributed by atoms with Gasteiger partial charge in [0.1, 0.15) is 5.76 Å². The van der Waals surface area contributed by atoms with Crippen LogP contribution in [0.3, 0.4) is 0 Å². The van der Waals surface area contributed by atoms with E-state index in [0.717, 1.165) is 37.5 Å². The van der Waals surface area contributed by atoms with Gasteiger partial charge < -0.3 is 9.73 Å². The molecule has 1 unspecified atom stereocenters. The minimum absolute atomic E-state index is 0.586. The van der Waals surface area contributed by atoms with Gasteiger partial charge in [-0.15, -0.1) is 0 Å². The van der Waals surface area contributed by atoms with E-state index in [2.05, 4.69) is 17.2 Å². The number of hydrogen-bond donors (Lipinski definition) is 1. The maximum atomic E-state index is 5.63. The topological polar surface area (TPSA) is 38.1 Å². The van der Waals surface area contributed by atoms with Crippen molar-refractivity contribution in [3.05, 3.63) is 17.8 Å². The van der Waals surface area contributed by atoms with E-state index < -0.39 is 0 Å². The number of oxazole rings is 1. The van der Waals surface area contributed by atoms with Crippen LogP contribution in [-0.2, 0) is 12.8 Å². The summed E-state index contributed by atoms with van der Waals surface area (Å²) in [6, 6.07) is 0.586. The SMILES string of the molecule is CCCc1cnc(CC2CCCN2)o1. The zero-order chi connectivity index (χ0) is 9.80. The molecule has 0 spiro atoms. The van der Waals surface area contributed by atoms with E-state index in [1.54, 1.807) is 0 Å². The average molecular weight is 194 g/mol. The molecule has 1 fully saturated rings. The summed E-state index contributed by atoms with van der Waals surface area (Å²) in [5.74, 6) is 1.92. The lowest BCUT2D eigenvalue weighted by Crippen LogP contribution is -2.23. The van der Waals surface area contributed by atoms with Gasteiger partial charge in [-0.1, -0.05) is 6.92 Å². The van der Waals surface area contributed by atoms with Crippen LogP contribution in [0.15, 0.2) is 10.6 Å². The van der Waals surface area contributed by atoms with Gasteiger partial charge in [-0.25, -0.2) is 4.98 Å². The van der Waals surface area contributed by atoms with E-state index in [1.807, 2.05) is 6.20 Å². The van der Waals surface area contributed by atoms with Crippen molar-refractivity contribution in [2.45, 2.75) is 45.1 Å². The van der Waals surface area contributed by atoms with Crippen LogP contribution in [0.4, 0.5) is 0 Å². The molecule has 0 saturated carbocycles. The van der Waals surface area contributed by atoms with Crippen molar-refractivity contribution in [3.63, 3.8) is 0 Å². The molecule has 1 aromatic rings. The van der Waals surface area contributed by atoms with E-state index in [-0.39, 0.29) is 0 Å². The number of nitrogens with zero attached hydrogens (tertiary/aromatic N) is 1. The summed E-state index contributed by atoms with van der Waals surface area (Å²) in [4.78, 5) is 4.29. The molecule has 2 heterocycles. The smallest absolute Gasteiger partial charge is 0.195 e. The summed E-state index contributed by atoms with van der Waals surface area (Å²) < 4.78 is 5.63. The van der Waals surface area contributed by atoms with Gasteiger partial charge in [-0.2, -0.15) is 0 Å². The lowest BCUT2D eigenvalue weighted by Gasteiger charge is -2.05.